The quantitative estimate of drug-likeness (QED) is 0.291. The third-order valence-corrected chi connectivity index (χ3v) is 7.59. The summed E-state index contributed by atoms with van der Waals surface area (Å²) in [5, 5.41) is 25.4. The summed E-state index contributed by atoms with van der Waals surface area (Å²) in [6, 6.07) is 13.8. The minimum absolute atomic E-state index is 0.0489. The van der Waals surface area contributed by atoms with E-state index in [4.69, 9.17) is 0 Å². The predicted molar refractivity (Wildman–Crippen MR) is 143 cm³/mol. The fourth-order valence-electron chi connectivity index (χ4n) is 5.40. The number of aromatic nitrogens is 2. The van der Waals surface area contributed by atoms with Crippen LogP contribution in [-0.2, 0) is 23.9 Å². The summed E-state index contributed by atoms with van der Waals surface area (Å²) in [7, 11) is 0. The molecule has 0 spiro atoms. The number of aromatic amines is 1. The molecule has 37 heavy (non-hydrogen) atoms. The van der Waals surface area contributed by atoms with Crippen molar-refractivity contribution < 1.29 is 13.9 Å². The van der Waals surface area contributed by atoms with Crippen molar-refractivity contribution in [2.24, 2.45) is 0 Å². The Morgan fingerprint density at radius 3 is 2.41 bits per heavy atom. The van der Waals surface area contributed by atoms with Crippen LogP contribution in [0.5, 0.6) is 0 Å². The molecule has 1 aliphatic carbocycles. The molecule has 5 nitrogen and oxygen atoms in total. The Labute approximate surface area is 219 Å². The molecular weight excluding hydrogens is 470 g/mol. The maximum absolute atomic E-state index is 13.9. The van der Waals surface area contributed by atoms with Crippen LogP contribution < -0.4 is 10.6 Å². The second-order valence-corrected chi connectivity index (χ2v) is 11.5. The number of H-pyrrole nitrogens is 1. The van der Waals surface area contributed by atoms with Gasteiger partial charge in [-0.2, -0.15) is 5.10 Å². The molecule has 3 aromatic rings. The van der Waals surface area contributed by atoms with Gasteiger partial charge >= 0.3 is 0 Å². The van der Waals surface area contributed by atoms with E-state index in [9.17, 15) is 13.9 Å². The van der Waals surface area contributed by atoms with Crippen LogP contribution in [0.15, 0.2) is 54.7 Å². The predicted octanol–water partition coefficient (Wildman–Crippen LogP) is 5.50. The van der Waals surface area contributed by atoms with Gasteiger partial charge in [0.2, 0.25) is 0 Å². The van der Waals surface area contributed by atoms with E-state index in [1.54, 1.807) is 6.20 Å². The van der Waals surface area contributed by atoms with Crippen LogP contribution in [0, 0.1) is 11.6 Å². The van der Waals surface area contributed by atoms with Gasteiger partial charge in [0, 0.05) is 42.6 Å². The Morgan fingerprint density at radius 2 is 1.76 bits per heavy atom. The van der Waals surface area contributed by atoms with E-state index in [0.717, 1.165) is 37.4 Å². The number of benzene rings is 2. The molecule has 2 atom stereocenters. The number of aliphatic hydroxyl groups is 1. The van der Waals surface area contributed by atoms with Crippen molar-refractivity contribution in [2.45, 2.75) is 88.9 Å². The van der Waals surface area contributed by atoms with Crippen LogP contribution in [-0.4, -0.2) is 34.0 Å². The average Bonchev–Trinajstić information content (AvgIpc) is 3.38. The highest BCUT2D eigenvalue weighted by Crippen LogP contribution is 2.38. The maximum Gasteiger partial charge on any atom is 0.126 e. The lowest BCUT2D eigenvalue weighted by atomic mass is 9.74. The highest BCUT2D eigenvalue weighted by Gasteiger charge is 2.35. The van der Waals surface area contributed by atoms with Crippen molar-refractivity contribution in [3.05, 3.63) is 88.7 Å². The number of nitrogens with one attached hydrogen (secondary N) is 3. The standard InChI is InChI=1S/C30H40F2N4O/c1-29(2,3)22-8-7-9-23(17-22)30(11-5-4-6-12-30)34-20-28(37)27(33-19-26-10-13-35-36-26)16-21-14-24(31)18-25(32)15-21/h7-10,13-15,17-18,27-28,33-34,37H,4-6,11-12,16,19-20H2,1-3H3,(H,35,36). The zero-order valence-electron chi connectivity index (χ0n) is 22.2. The summed E-state index contributed by atoms with van der Waals surface area (Å²) in [5.74, 6) is -1.23. The molecule has 0 bridgehead atoms. The van der Waals surface area contributed by atoms with E-state index < -0.39 is 23.8 Å². The van der Waals surface area contributed by atoms with Crippen molar-refractivity contribution >= 4 is 0 Å². The topological polar surface area (TPSA) is 73.0 Å². The second kappa shape index (κ2) is 11.8. The minimum Gasteiger partial charge on any atom is -0.390 e. The Hall–Kier alpha value is -2.61. The number of hydrogen-bond donors (Lipinski definition) is 4. The fraction of sp³-hybridized carbons (Fsp3) is 0.500. The van der Waals surface area contributed by atoms with Gasteiger partial charge in [0.1, 0.15) is 11.6 Å². The number of nitrogens with zero attached hydrogens (tertiary/aromatic N) is 1. The zero-order chi connectivity index (χ0) is 26.5. The van der Waals surface area contributed by atoms with Crippen LogP contribution in [0.1, 0.15) is 75.3 Å². The molecular formula is C30H40F2N4O. The summed E-state index contributed by atoms with van der Waals surface area (Å²) in [4.78, 5) is 0. The third kappa shape index (κ3) is 7.24. The lowest BCUT2D eigenvalue weighted by molar-refractivity contribution is 0.103. The van der Waals surface area contributed by atoms with Crippen LogP contribution in [0.4, 0.5) is 8.78 Å². The highest BCUT2D eigenvalue weighted by atomic mass is 19.1. The van der Waals surface area contributed by atoms with Crippen molar-refractivity contribution in [3.8, 4) is 0 Å². The fourth-order valence-corrected chi connectivity index (χ4v) is 5.40. The smallest absolute Gasteiger partial charge is 0.126 e. The Balaban J connectivity index is 1.53. The van der Waals surface area contributed by atoms with Crippen LogP contribution in [0.2, 0.25) is 0 Å². The molecule has 2 unspecified atom stereocenters. The van der Waals surface area contributed by atoms with Gasteiger partial charge in [0.05, 0.1) is 6.10 Å². The molecule has 1 fully saturated rings. The first-order valence-corrected chi connectivity index (χ1v) is 13.4. The molecule has 1 heterocycles. The van der Waals surface area contributed by atoms with Gasteiger partial charge in [0.25, 0.3) is 0 Å². The Morgan fingerprint density at radius 1 is 1.03 bits per heavy atom. The molecule has 7 heteroatoms. The van der Waals surface area contributed by atoms with Gasteiger partial charge < -0.3 is 15.7 Å². The monoisotopic (exact) mass is 510 g/mol. The van der Waals surface area contributed by atoms with Gasteiger partial charge in [-0.1, -0.05) is 64.3 Å². The molecule has 1 saturated carbocycles. The Kier molecular flexibility index (Phi) is 8.78. The van der Waals surface area contributed by atoms with E-state index in [1.165, 1.54) is 29.7 Å². The molecule has 1 aromatic heterocycles. The molecule has 1 aliphatic rings. The van der Waals surface area contributed by atoms with Crippen molar-refractivity contribution in [1.29, 1.82) is 0 Å². The van der Waals surface area contributed by atoms with Crippen molar-refractivity contribution in [2.75, 3.05) is 6.54 Å². The van der Waals surface area contributed by atoms with E-state index in [0.29, 0.717) is 18.7 Å². The molecule has 2 aromatic carbocycles. The average molecular weight is 511 g/mol. The van der Waals surface area contributed by atoms with E-state index in [1.807, 2.05) is 6.07 Å². The maximum atomic E-state index is 13.9. The summed E-state index contributed by atoms with van der Waals surface area (Å²) >= 11 is 0. The lowest BCUT2D eigenvalue weighted by Crippen LogP contribution is -2.52. The zero-order valence-corrected chi connectivity index (χ0v) is 22.2. The van der Waals surface area contributed by atoms with Gasteiger partial charge in [-0.15, -0.1) is 0 Å². The first kappa shape index (κ1) is 27.4. The molecule has 0 radical (unpaired) electrons. The molecule has 0 amide bonds. The molecule has 0 aliphatic heterocycles. The van der Waals surface area contributed by atoms with E-state index in [2.05, 4.69) is 65.9 Å². The molecule has 0 saturated heterocycles. The SMILES string of the molecule is CC(C)(C)c1cccc(C2(NCC(O)C(Cc3cc(F)cc(F)c3)NCc3ccn[nH]3)CCCCC2)c1. The summed E-state index contributed by atoms with van der Waals surface area (Å²) in [6.07, 6.45) is 6.68. The van der Waals surface area contributed by atoms with Crippen molar-refractivity contribution in [1.82, 2.24) is 20.8 Å². The highest BCUT2D eigenvalue weighted by molar-refractivity contribution is 5.34. The summed E-state index contributed by atoms with van der Waals surface area (Å²) < 4.78 is 27.8. The number of halogens is 2. The molecule has 4 rings (SSSR count). The Bertz CT molecular complexity index is 1120. The first-order chi connectivity index (χ1) is 17.6. The number of hydrogen-bond acceptors (Lipinski definition) is 4. The number of aliphatic hydroxyl groups excluding tert-OH is 1. The van der Waals surface area contributed by atoms with Gasteiger partial charge in [0.15, 0.2) is 0 Å². The van der Waals surface area contributed by atoms with Gasteiger partial charge in [-0.3, -0.25) is 5.10 Å². The van der Waals surface area contributed by atoms with Gasteiger partial charge in [-0.05, 0) is 59.6 Å². The largest absolute Gasteiger partial charge is 0.390 e. The molecule has 4 N–H and O–H groups in total. The normalized spacial score (nSPS) is 17.5. The second-order valence-electron chi connectivity index (χ2n) is 11.5. The van der Waals surface area contributed by atoms with Crippen molar-refractivity contribution in [3.63, 3.8) is 0 Å². The minimum atomic E-state index is -0.779. The molecule has 200 valence electrons. The van der Waals surface area contributed by atoms with E-state index in [-0.39, 0.29) is 17.4 Å². The number of rotatable bonds is 10. The van der Waals surface area contributed by atoms with Gasteiger partial charge in [-0.25, -0.2) is 8.78 Å². The summed E-state index contributed by atoms with van der Waals surface area (Å²) in [6.45, 7) is 7.49. The lowest BCUT2D eigenvalue weighted by Gasteiger charge is -2.41. The first-order valence-electron chi connectivity index (χ1n) is 13.4. The van der Waals surface area contributed by atoms with E-state index >= 15 is 0 Å². The van der Waals surface area contributed by atoms with Crippen LogP contribution in [0.25, 0.3) is 0 Å². The van der Waals surface area contributed by atoms with Crippen LogP contribution >= 0.6 is 0 Å². The van der Waals surface area contributed by atoms with Crippen LogP contribution in [0.3, 0.4) is 0 Å². The summed E-state index contributed by atoms with van der Waals surface area (Å²) in [5.41, 5.74) is 3.78. The third-order valence-electron chi connectivity index (χ3n) is 7.59.